The fraction of sp³-hybridized carbons (Fsp3) is 0.364. The van der Waals surface area contributed by atoms with Gasteiger partial charge in [0, 0.05) is 0 Å². The molecule has 0 spiro atoms. The van der Waals surface area contributed by atoms with Gasteiger partial charge >= 0.3 is 6.09 Å². The minimum absolute atomic E-state index is 0.398. The van der Waals surface area contributed by atoms with Crippen LogP contribution in [0.5, 0.6) is 0 Å². The number of hydrogen-bond acceptors (Lipinski definition) is 5. The standard InChI is InChI=1S/C11H12ClN3O2S/c1-11(2,3)17-10(16)15-9-13-6-4-5-7(12)14-8(6)18-9/h4-5H,1-3H3,(H,13,15,16). The fourth-order valence-electron chi connectivity index (χ4n) is 1.24. The summed E-state index contributed by atoms with van der Waals surface area (Å²) < 4.78 is 5.13. The summed E-state index contributed by atoms with van der Waals surface area (Å²) in [6.45, 7) is 5.39. The first kappa shape index (κ1) is 13.0. The van der Waals surface area contributed by atoms with E-state index in [1.807, 2.05) is 0 Å². The lowest BCUT2D eigenvalue weighted by molar-refractivity contribution is 0.0636. The first-order chi connectivity index (χ1) is 8.33. The Morgan fingerprint density at radius 2 is 2.11 bits per heavy atom. The lowest BCUT2D eigenvalue weighted by atomic mass is 10.2. The molecule has 2 rings (SSSR count). The Morgan fingerprint density at radius 3 is 2.78 bits per heavy atom. The highest BCUT2D eigenvalue weighted by atomic mass is 35.5. The summed E-state index contributed by atoms with van der Waals surface area (Å²) in [7, 11) is 0. The third-order valence-corrected chi connectivity index (χ3v) is 2.92. The summed E-state index contributed by atoms with van der Waals surface area (Å²) in [6, 6.07) is 3.41. The van der Waals surface area contributed by atoms with Crippen LogP contribution < -0.4 is 5.32 Å². The zero-order valence-electron chi connectivity index (χ0n) is 10.2. The normalized spacial score (nSPS) is 11.6. The number of halogens is 1. The Balaban J connectivity index is 2.15. The molecule has 0 fully saturated rings. The van der Waals surface area contributed by atoms with Crippen LogP contribution in [0.15, 0.2) is 12.1 Å². The second-order valence-electron chi connectivity index (χ2n) is 4.60. The molecule has 0 radical (unpaired) electrons. The third-order valence-electron chi connectivity index (χ3n) is 1.83. The van der Waals surface area contributed by atoms with Gasteiger partial charge in [-0.2, -0.15) is 0 Å². The van der Waals surface area contributed by atoms with E-state index in [2.05, 4.69) is 15.3 Å². The average molecular weight is 286 g/mol. The second kappa shape index (κ2) is 4.70. The number of nitrogens with one attached hydrogen (secondary N) is 1. The van der Waals surface area contributed by atoms with Crippen molar-refractivity contribution in [3.63, 3.8) is 0 Å². The molecule has 1 N–H and O–H groups in total. The third kappa shape index (κ3) is 3.30. The van der Waals surface area contributed by atoms with Crippen LogP contribution in [-0.4, -0.2) is 21.7 Å². The molecule has 0 saturated heterocycles. The molecule has 5 nitrogen and oxygen atoms in total. The van der Waals surface area contributed by atoms with Gasteiger partial charge in [0.1, 0.15) is 21.1 Å². The van der Waals surface area contributed by atoms with Crippen molar-refractivity contribution in [2.24, 2.45) is 0 Å². The van der Waals surface area contributed by atoms with Gasteiger partial charge in [-0.15, -0.1) is 0 Å². The van der Waals surface area contributed by atoms with Crippen molar-refractivity contribution in [3.8, 4) is 0 Å². The molecule has 18 heavy (non-hydrogen) atoms. The van der Waals surface area contributed by atoms with Crippen LogP contribution >= 0.6 is 22.9 Å². The number of hydrogen-bond donors (Lipinski definition) is 1. The van der Waals surface area contributed by atoms with Gasteiger partial charge in [0.25, 0.3) is 0 Å². The highest BCUT2D eigenvalue weighted by Crippen LogP contribution is 2.25. The number of nitrogens with zero attached hydrogens (tertiary/aromatic N) is 2. The van der Waals surface area contributed by atoms with Gasteiger partial charge in [-0.05, 0) is 32.9 Å². The van der Waals surface area contributed by atoms with Crippen molar-refractivity contribution in [1.82, 2.24) is 9.97 Å². The lowest BCUT2D eigenvalue weighted by Gasteiger charge is -2.18. The largest absolute Gasteiger partial charge is 0.444 e. The highest BCUT2D eigenvalue weighted by Gasteiger charge is 2.17. The van der Waals surface area contributed by atoms with Gasteiger partial charge in [0.2, 0.25) is 0 Å². The summed E-state index contributed by atoms with van der Waals surface area (Å²) in [5, 5.41) is 3.41. The van der Waals surface area contributed by atoms with Crippen molar-refractivity contribution >= 4 is 44.5 Å². The SMILES string of the molecule is CC(C)(C)OC(=O)Nc1nc2ccc(Cl)nc2s1. The molecule has 7 heteroatoms. The summed E-state index contributed by atoms with van der Waals surface area (Å²) in [4.78, 5) is 20.6. The number of anilines is 1. The van der Waals surface area contributed by atoms with E-state index in [4.69, 9.17) is 16.3 Å². The molecule has 0 bridgehead atoms. The van der Waals surface area contributed by atoms with Crippen molar-refractivity contribution < 1.29 is 9.53 Å². The smallest absolute Gasteiger partial charge is 0.413 e. The monoisotopic (exact) mass is 285 g/mol. The number of fused-ring (bicyclic) bond motifs is 1. The quantitative estimate of drug-likeness (QED) is 0.812. The van der Waals surface area contributed by atoms with Gasteiger partial charge < -0.3 is 4.74 Å². The molecule has 96 valence electrons. The van der Waals surface area contributed by atoms with Crippen molar-refractivity contribution in [2.75, 3.05) is 5.32 Å². The van der Waals surface area contributed by atoms with E-state index < -0.39 is 11.7 Å². The molecule has 2 aromatic heterocycles. The van der Waals surface area contributed by atoms with E-state index in [1.165, 1.54) is 11.3 Å². The summed E-state index contributed by atoms with van der Waals surface area (Å²) in [5.41, 5.74) is 0.151. The van der Waals surface area contributed by atoms with E-state index in [9.17, 15) is 4.79 Å². The van der Waals surface area contributed by atoms with E-state index in [-0.39, 0.29) is 0 Å². The predicted octanol–water partition coefficient (Wildman–Crippen LogP) is 3.69. The molecule has 0 aliphatic carbocycles. The van der Waals surface area contributed by atoms with Gasteiger partial charge in [0.15, 0.2) is 5.13 Å². The lowest BCUT2D eigenvalue weighted by Crippen LogP contribution is -2.27. The summed E-state index contributed by atoms with van der Waals surface area (Å²) in [5.74, 6) is 0. The van der Waals surface area contributed by atoms with Crippen LogP contribution in [0.3, 0.4) is 0 Å². The van der Waals surface area contributed by atoms with E-state index in [0.717, 1.165) is 0 Å². The summed E-state index contributed by atoms with van der Waals surface area (Å²) >= 11 is 7.02. The Labute approximate surface area is 113 Å². The molecule has 1 amide bonds. The number of pyridine rings is 1. The maximum absolute atomic E-state index is 11.6. The van der Waals surface area contributed by atoms with Gasteiger partial charge in [-0.3, -0.25) is 5.32 Å². The van der Waals surface area contributed by atoms with Gasteiger partial charge in [-0.25, -0.2) is 14.8 Å². The number of carbonyl (C=O) groups excluding carboxylic acids is 1. The van der Waals surface area contributed by atoms with Crippen LogP contribution in [-0.2, 0) is 4.74 Å². The highest BCUT2D eigenvalue weighted by molar-refractivity contribution is 7.21. The average Bonchev–Trinajstić information content (AvgIpc) is 2.55. The number of aromatic nitrogens is 2. The van der Waals surface area contributed by atoms with Crippen LogP contribution in [0, 0.1) is 0 Å². The van der Waals surface area contributed by atoms with E-state index >= 15 is 0 Å². The molecule has 2 heterocycles. The second-order valence-corrected chi connectivity index (χ2v) is 5.97. The number of rotatable bonds is 1. The number of amides is 1. The molecule has 0 aliphatic heterocycles. The number of carbonyl (C=O) groups is 1. The number of ether oxygens (including phenoxy) is 1. The first-order valence-corrected chi connectivity index (χ1v) is 6.46. The zero-order chi connectivity index (χ0) is 13.3. The van der Waals surface area contributed by atoms with Crippen molar-refractivity contribution in [3.05, 3.63) is 17.3 Å². The zero-order valence-corrected chi connectivity index (χ0v) is 11.7. The molecule has 0 unspecified atom stereocenters. The van der Waals surface area contributed by atoms with E-state index in [1.54, 1.807) is 32.9 Å². The minimum Gasteiger partial charge on any atom is -0.444 e. The maximum Gasteiger partial charge on any atom is 0.413 e. The van der Waals surface area contributed by atoms with Crippen molar-refractivity contribution in [2.45, 2.75) is 26.4 Å². The Kier molecular flexibility index (Phi) is 3.41. The van der Waals surface area contributed by atoms with Gasteiger partial charge in [0.05, 0.1) is 0 Å². The van der Waals surface area contributed by atoms with E-state index in [0.29, 0.717) is 20.6 Å². The molecule has 0 atom stereocenters. The molecular formula is C11H12ClN3O2S. The number of thiazole rings is 1. The fourth-order valence-corrected chi connectivity index (χ4v) is 2.26. The first-order valence-electron chi connectivity index (χ1n) is 5.26. The van der Waals surface area contributed by atoms with Crippen LogP contribution in [0.4, 0.5) is 9.93 Å². The Morgan fingerprint density at radius 1 is 1.39 bits per heavy atom. The maximum atomic E-state index is 11.6. The Bertz CT molecular complexity index is 591. The molecule has 0 aliphatic rings. The van der Waals surface area contributed by atoms with Crippen LogP contribution in [0.1, 0.15) is 20.8 Å². The minimum atomic E-state index is -0.539. The molecule has 0 saturated carbocycles. The molecule has 2 aromatic rings. The van der Waals surface area contributed by atoms with Crippen LogP contribution in [0.2, 0.25) is 5.15 Å². The predicted molar refractivity (Wildman–Crippen MR) is 72.3 cm³/mol. The van der Waals surface area contributed by atoms with Crippen LogP contribution in [0.25, 0.3) is 10.3 Å². The topological polar surface area (TPSA) is 64.1 Å². The molecular weight excluding hydrogens is 274 g/mol. The molecule has 0 aromatic carbocycles. The van der Waals surface area contributed by atoms with Crippen molar-refractivity contribution in [1.29, 1.82) is 0 Å². The Hall–Kier alpha value is -1.40. The summed E-state index contributed by atoms with van der Waals surface area (Å²) in [6.07, 6.45) is -0.535. The van der Waals surface area contributed by atoms with Gasteiger partial charge in [-0.1, -0.05) is 22.9 Å².